The molecule has 59 valence electrons. The molecule has 0 unspecified atom stereocenters. The molecule has 0 saturated carbocycles. The largest absolute Gasteiger partial charge is 0.298 e. The molecule has 0 amide bonds. The second-order valence-electron chi connectivity index (χ2n) is 2.35. The quantitative estimate of drug-likeness (QED) is 0.567. The Labute approximate surface area is 83.0 Å². The Balaban J connectivity index is 2.68. The van der Waals surface area contributed by atoms with Crippen LogP contribution < -0.4 is 5.43 Å². The fraction of sp³-hybridized carbons (Fsp3) is 0. The van der Waals surface area contributed by atoms with Crippen molar-refractivity contribution in [2.24, 2.45) is 5.10 Å². The van der Waals surface area contributed by atoms with E-state index < -0.39 is 0 Å². The minimum absolute atomic E-state index is 0.655. The van der Waals surface area contributed by atoms with E-state index in [-0.39, 0.29) is 0 Å². The highest BCUT2D eigenvalue weighted by Crippen LogP contribution is 2.27. The van der Waals surface area contributed by atoms with E-state index in [0.717, 1.165) is 21.3 Å². The lowest BCUT2D eigenvalue weighted by Gasteiger charge is -1.98. The average molecular weight is 271 g/mol. The van der Waals surface area contributed by atoms with E-state index in [1.54, 1.807) is 12.1 Å². The van der Waals surface area contributed by atoms with Gasteiger partial charge >= 0.3 is 0 Å². The SMILES string of the molecule is O=Cc1cccc2c1C(I)=N[N]2. The van der Waals surface area contributed by atoms with Gasteiger partial charge in [0.15, 0.2) is 6.29 Å². The minimum Gasteiger partial charge on any atom is -0.298 e. The summed E-state index contributed by atoms with van der Waals surface area (Å²) < 4.78 is 0.783. The molecule has 1 aliphatic heterocycles. The van der Waals surface area contributed by atoms with Crippen LogP contribution in [0, 0.1) is 0 Å². The third-order valence-electron chi connectivity index (χ3n) is 1.65. The zero-order valence-electron chi connectivity index (χ0n) is 5.99. The molecule has 0 N–H and O–H groups in total. The summed E-state index contributed by atoms with van der Waals surface area (Å²) in [5.74, 6) is 0. The van der Waals surface area contributed by atoms with Crippen LogP contribution >= 0.6 is 22.6 Å². The van der Waals surface area contributed by atoms with Gasteiger partial charge in [0.05, 0.1) is 5.69 Å². The topological polar surface area (TPSA) is 43.5 Å². The number of halogens is 1. The summed E-state index contributed by atoms with van der Waals surface area (Å²) in [6.07, 6.45) is 0.827. The van der Waals surface area contributed by atoms with Crippen LogP contribution in [0.4, 0.5) is 5.69 Å². The highest BCUT2D eigenvalue weighted by atomic mass is 127. The normalized spacial score (nSPS) is 13.2. The Morgan fingerprint density at radius 3 is 3.00 bits per heavy atom. The van der Waals surface area contributed by atoms with Crippen molar-refractivity contribution in [1.82, 2.24) is 5.43 Å². The van der Waals surface area contributed by atoms with Crippen molar-refractivity contribution >= 4 is 38.3 Å². The Hall–Kier alpha value is -0.910. The number of fused-ring (bicyclic) bond motifs is 1. The van der Waals surface area contributed by atoms with E-state index in [9.17, 15) is 4.79 Å². The van der Waals surface area contributed by atoms with Crippen LogP contribution in [-0.2, 0) is 0 Å². The van der Waals surface area contributed by atoms with Gasteiger partial charge in [0.25, 0.3) is 0 Å². The molecule has 4 heteroatoms. The van der Waals surface area contributed by atoms with Gasteiger partial charge in [-0.05, 0) is 28.7 Å². The molecule has 0 fully saturated rings. The zero-order chi connectivity index (χ0) is 8.55. The predicted molar refractivity (Wildman–Crippen MR) is 54.2 cm³/mol. The van der Waals surface area contributed by atoms with Crippen molar-refractivity contribution in [2.75, 3.05) is 0 Å². The average Bonchev–Trinajstić information content (AvgIpc) is 2.48. The lowest BCUT2D eigenvalue weighted by atomic mass is 10.1. The van der Waals surface area contributed by atoms with E-state index in [1.165, 1.54) is 0 Å². The van der Waals surface area contributed by atoms with Crippen LogP contribution in [-0.4, -0.2) is 10.0 Å². The maximum Gasteiger partial charge on any atom is 0.150 e. The molecule has 1 aliphatic rings. The van der Waals surface area contributed by atoms with Gasteiger partial charge in [0.2, 0.25) is 0 Å². The fourth-order valence-corrected chi connectivity index (χ4v) is 1.81. The summed E-state index contributed by atoms with van der Waals surface area (Å²) in [6, 6.07) is 5.41. The molecule has 0 aliphatic carbocycles. The molecule has 1 heterocycles. The number of hydrogen-bond acceptors (Lipinski definition) is 2. The first-order valence-corrected chi connectivity index (χ1v) is 4.43. The number of nitrogens with zero attached hydrogens (tertiary/aromatic N) is 2. The maximum atomic E-state index is 10.6. The zero-order valence-corrected chi connectivity index (χ0v) is 8.15. The first-order chi connectivity index (χ1) is 5.83. The Kier molecular flexibility index (Phi) is 1.84. The number of hydrogen-bond donors (Lipinski definition) is 0. The molecular formula is C8H4IN2O. The molecule has 0 saturated heterocycles. The van der Waals surface area contributed by atoms with Crippen LogP contribution in [0.5, 0.6) is 0 Å². The first-order valence-electron chi connectivity index (χ1n) is 3.35. The van der Waals surface area contributed by atoms with Crippen LogP contribution in [0.2, 0.25) is 0 Å². The Morgan fingerprint density at radius 1 is 1.42 bits per heavy atom. The molecule has 1 radical (unpaired) electrons. The second kappa shape index (κ2) is 2.85. The summed E-state index contributed by atoms with van der Waals surface area (Å²) >= 11 is 2.07. The number of aldehydes is 1. The number of benzene rings is 1. The molecule has 1 aromatic rings. The number of carbonyl (C=O) groups excluding carboxylic acids is 1. The molecule has 2 rings (SSSR count). The van der Waals surface area contributed by atoms with Gasteiger partial charge in [0, 0.05) is 11.1 Å². The van der Waals surface area contributed by atoms with Gasteiger partial charge in [-0.3, -0.25) is 4.79 Å². The second-order valence-corrected chi connectivity index (χ2v) is 3.37. The highest BCUT2D eigenvalue weighted by Gasteiger charge is 2.18. The minimum atomic E-state index is 0.655. The van der Waals surface area contributed by atoms with Crippen LogP contribution in [0.3, 0.4) is 0 Å². The van der Waals surface area contributed by atoms with Gasteiger partial charge in [-0.25, -0.2) is 0 Å². The summed E-state index contributed by atoms with van der Waals surface area (Å²) in [6.45, 7) is 0. The van der Waals surface area contributed by atoms with Crippen molar-refractivity contribution in [1.29, 1.82) is 0 Å². The van der Waals surface area contributed by atoms with Gasteiger partial charge in [0.1, 0.15) is 3.72 Å². The van der Waals surface area contributed by atoms with Crippen molar-refractivity contribution < 1.29 is 4.79 Å². The summed E-state index contributed by atoms with van der Waals surface area (Å²) in [7, 11) is 0. The van der Waals surface area contributed by atoms with Gasteiger partial charge in [-0.1, -0.05) is 12.1 Å². The molecule has 0 atom stereocenters. The molecule has 0 aromatic heterocycles. The number of rotatable bonds is 1. The van der Waals surface area contributed by atoms with Crippen molar-refractivity contribution in [3.63, 3.8) is 0 Å². The van der Waals surface area contributed by atoms with E-state index in [1.807, 2.05) is 6.07 Å². The summed E-state index contributed by atoms with van der Waals surface area (Å²) in [5.41, 5.74) is 6.20. The maximum absolute atomic E-state index is 10.6. The van der Waals surface area contributed by atoms with Crippen LogP contribution in [0.25, 0.3) is 0 Å². The van der Waals surface area contributed by atoms with Gasteiger partial charge < -0.3 is 0 Å². The molecule has 12 heavy (non-hydrogen) atoms. The van der Waals surface area contributed by atoms with E-state index in [0.29, 0.717) is 5.56 Å². The van der Waals surface area contributed by atoms with Crippen LogP contribution in [0.15, 0.2) is 23.3 Å². The smallest absolute Gasteiger partial charge is 0.150 e. The van der Waals surface area contributed by atoms with Gasteiger partial charge in [-0.2, -0.15) is 0 Å². The molecule has 0 spiro atoms. The lowest BCUT2D eigenvalue weighted by molar-refractivity contribution is 0.112. The van der Waals surface area contributed by atoms with E-state index in [4.69, 9.17) is 0 Å². The third kappa shape index (κ3) is 1.03. The Morgan fingerprint density at radius 2 is 2.25 bits per heavy atom. The monoisotopic (exact) mass is 271 g/mol. The van der Waals surface area contributed by atoms with E-state index >= 15 is 0 Å². The van der Waals surface area contributed by atoms with E-state index in [2.05, 4.69) is 33.1 Å². The molecule has 1 aromatic carbocycles. The molecule has 3 nitrogen and oxygen atoms in total. The molecular weight excluding hydrogens is 267 g/mol. The fourth-order valence-electron chi connectivity index (χ4n) is 1.11. The Bertz CT molecular complexity index is 373. The standard InChI is InChI=1S/C8H4IN2O/c9-8-7-5(4-12)2-1-3-6(7)10-11-8/h1-4H. The highest BCUT2D eigenvalue weighted by molar-refractivity contribution is 14.1. The summed E-state index contributed by atoms with van der Waals surface area (Å²) in [5, 5.41) is 3.88. The summed E-state index contributed by atoms with van der Waals surface area (Å²) in [4.78, 5) is 10.6. The number of carbonyl (C=O) groups is 1. The van der Waals surface area contributed by atoms with Crippen molar-refractivity contribution in [3.05, 3.63) is 29.3 Å². The molecule has 0 bridgehead atoms. The van der Waals surface area contributed by atoms with Crippen molar-refractivity contribution in [3.8, 4) is 0 Å². The predicted octanol–water partition coefficient (Wildman–Crippen LogP) is 1.85. The third-order valence-corrected chi connectivity index (χ3v) is 2.41. The van der Waals surface area contributed by atoms with Crippen molar-refractivity contribution in [2.45, 2.75) is 0 Å². The lowest BCUT2D eigenvalue weighted by Crippen LogP contribution is -1.93. The van der Waals surface area contributed by atoms with Gasteiger partial charge in [-0.15, -0.1) is 10.5 Å². The first kappa shape index (κ1) is 7.72. The van der Waals surface area contributed by atoms with Crippen LogP contribution in [0.1, 0.15) is 15.9 Å².